The monoisotopic (exact) mass is 272 g/mol. The maximum Gasteiger partial charge on any atom is 0.0710 e. The number of hydrazine groups is 1. The summed E-state index contributed by atoms with van der Waals surface area (Å²) >= 11 is 1.75. The number of nitrogens with two attached hydrogens (primary N) is 1. The highest BCUT2D eigenvalue weighted by atomic mass is 32.2. The van der Waals surface area contributed by atoms with Gasteiger partial charge >= 0.3 is 0 Å². The Labute approximate surface area is 119 Å². The van der Waals surface area contributed by atoms with Crippen LogP contribution in [-0.4, -0.2) is 6.26 Å². The minimum absolute atomic E-state index is 0.0439. The zero-order chi connectivity index (χ0) is 13.7. The fourth-order valence-electron chi connectivity index (χ4n) is 2.17. The number of aryl methyl sites for hydroxylation is 1. The van der Waals surface area contributed by atoms with Gasteiger partial charge in [0.15, 0.2) is 0 Å². The van der Waals surface area contributed by atoms with Crippen molar-refractivity contribution in [1.29, 1.82) is 0 Å². The molecule has 0 fully saturated rings. The summed E-state index contributed by atoms with van der Waals surface area (Å²) in [6.45, 7) is 2.16. The van der Waals surface area contributed by atoms with Gasteiger partial charge in [-0.3, -0.25) is 5.84 Å². The second-order valence-corrected chi connectivity index (χ2v) is 5.35. The fraction of sp³-hybridized carbons (Fsp3) is 0.250. The molecule has 0 radical (unpaired) electrons. The standard InChI is InChI=1S/C16H20N2S/c1-3-12-5-4-6-14(11-12)16(18-17)13-7-9-15(19-2)10-8-13/h4-11,16,18H,3,17H2,1-2H3. The third kappa shape index (κ3) is 3.38. The van der Waals surface area contributed by atoms with E-state index in [1.54, 1.807) is 11.8 Å². The average molecular weight is 272 g/mol. The topological polar surface area (TPSA) is 38.0 Å². The number of hydrogen-bond acceptors (Lipinski definition) is 3. The van der Waals surface area contributed by atoms with Crippen molar-refractivity contribution in [2.75, 3.05) is 6.26 Å². The quantitative estimate of drug-likeness (QED) is 0.497. The van der Waals surface area contributed by atoms with E-state index in [2.05, 4.69) is 67.1 Å². The Bertz CT molecular complexity index is 523. The maximum absolute atomic E-state index is 5.74. The molecular formula is C16H20N2S. The Balaban J connectivity index is 2.31. The predicted molar refractivity (Wildman–Crippen MR) is 83.2 cm³/mol. The second kappa shape index (κ2) is 6.75. The summed E-state index contributed by atoms with van der Waals surface area (Å²) in [6, 6.07) is 17.1. The van der Waals surface area contributed by atoms with Crippen LogP contribution in [0.1, 0.15) is 29.7 Å². The highest BCUT2D eigenvalue weighted by Crippen LogP contribution is 2.24. The molecule has 0 aromatic heterocycles. The van der Waals surface area contributed by atoms with Gasteiger partial charge in [-0.15, -0.1) is 11.8 Å². The third-order valence-electron chi connectivity index (χ3n) is 3.31. The fourth-order valence-corrected chi connectivity index (χ4v) is 2.58. The van der Waals surface area contributed by atoms with Crippen molar-refractivity contribution in [2.45, 2.75) is 24.3 Å². The Morgan fingerprint density at radius 1 is 1.11 bits per heavy atom. The summed E-state index contributed by atoms with van der Waals surface area (Å²) in [7, 11) is 0. The van der Waals surface area contributed by atoms with E-state index in [-0.39, 0.29) is 6.04 Å². The molecule has 0 spiro atoms. The summed E-state index contributed by atoms with van der Waals surface area (Å²) < 4.78 is 0. The van der Waals surface area contributed by atoms with Gasteiger partial charge in [-0.2, -0.15) is 0 Å². The third-order valence-corrected chi connectivity index (χ3v) is 4.05. The van der Waals surface area contributed by atoms with E-state index in [4.69, 9.17) is 5.84 Å². The van der Waals surface area contributed by atoms with E-state index in [1.807, 2.05) is 0 Å². The van der Waals surface area contributed by atoms with Crippen LogP contribution < -0.4 is 11.3 Å². The molecular weight excluding hydrogens is 252 g/mol. The Morgan fingerprint density at radius 2 is 1.84 bits per heavy atom. The van der Waals surface area contributed by atoms with E-state index >= 15 is 0 Å². The first-order chi connectivity index (χ1) is 9.28. The predicted octanol–water partition coefficient (Wildman–Crippen LogP) is 3.52. The van der Waals surface area contributed by atoms with E-state index < -0.39 is 0 Å². The molecule has 19 heavy (non-hydrogen) atoms. The molecule has 0 aliphatic rings. The van der Waals surface area contributed by atoms with Crippen LogP contribution in [0.2, 0.25) is 0 Å². The first kappa shape index (κ1) is 14.1. The lowest BCUT2D eigenvalue weighted by Crippen LogP contribution is -2.28. The number of rotatable bonds is 5. The lowest BCUT2D eigenvalue weighted by Gasteiger charge is -2.18. The highest BCUT2D eigenvalue weighted by Gasteiger charge is 2.12. The average Bonchev–Trinajstić information content (AvgIpc) is 2.49. The van der Waals surface area contributed by atoms with Crippen LogP contribution in [-0.2, 0) is 6.42 Å². The van der Waals surface area contributed by atoms with Crippen LogP contribution in [0.15, 0.2) is 53.4 Å². The summed E-state index contributed by atoms with van der Waals surface area (Å²) in [5.74, 6) is 5.74. The Hall–Kier alpha value is -1.29. The van der Waals surface area contributed by atoms with Crippen LogP contribution in [0.25, 0.3) is 0 Å². The molecule has 0 saturated heterocycles. The largest absolute Gasteiger partial charge is 0.271 e. The molecule has 0 heterocycles. The van der Waals surface area contributed by atoms with E-state index in [1.165, 1.54) is 21.6 Å². The van der Waals surface area contributed by atoms with Crippen LogP contribution in [0.4, 0.5) is 0 Å². The van der Waals surface area contributed by atoms with E-state index in [0.29, 0.717) is 0 Å². The van der Waals surface area contributed by atoms with E-state index in [0.717, 1.165) is 6.42 Å². The van der Waals surface area contributed by atoms with Crippen LogP contribution >= 0.6 is 11.8 Å². The highest BCUT2D eigenvalue weighted by molar-refractivity contribution is 7.98. The van der Waals surface area contributed by atoms with Crippen molar-refractivity contribution in [2.24, 2.45) is 5.84 Å². The first-order valence-electron chi connectivity index (χ1n) is 6.47. The molecule has 3 N–H and O–H groups in total. The minimum Gasteiger partial charge on any atom is -0.271 e. The van der Waals surface area contributed by atoms with E-state index in [9.17, 15) is 0 Å². The molecule has 100 valence electrons. The minimum atomic E-state index is 0.0439. The van der Waals surface area contributed by atoms with Crippen molar-refractivity contribution >= 4 is 11.8 Å². The number of thioether (sulfide) groups is 1. The molecule has 0 aliphatic carbocycles. The molecule has 2 nitrogen and oxygen atoms in total. The Morgan fingerprint density at radius 3 is 2.42 bits per heavy atom. The zero-order valence-corrected chi connectivity index (χ0v) is 12.2. The lowest BCUT2D eigenvalue weighted by atomic mass is 9.97. The van der Waals surface area contributed by atoms with Gasteiger partial charge in [0, 0.05) is 4.90 Å². The number of nitrogens with one attached hydrogen (secondary N) is 1. The molecule has 0 saturated carbocycles. The molecule has 0 amide bonds. The van der Waals surface area contributed by atoms with Crippen LogP contribution in [0, 0.1) is 0 Å². The molecule has 2 aromatic rings. The summed E-state index contributed by atoms with van der Waals surface area (Å²) in [5.41, 5.74) is 6.64. The molecule has 0 bridgehead atoms. The second-order valence-electron chi connectivity index (χ2n) is 4.47. The van der Waals surface area contributed by atoms with Gasteiger partial charge in [0.05, 0.1) is 6.04 Å². The van der Waals surface area contributed by atoms with Gasteiger partial charge < -0.3 is 0 Å². The molecule has 2 rings (SSSR count). The van der Waals surface area contributed by atoms with Gasteiger partial charge in [-0.05, 0) is 41.5 Å². The van der Waals surface area contributed by atoms with Gasteiger partial charge in [0.25, 0.3) is 0 Å². The van der Waals surface area contributed by atoms with Crippen LogP contribution in [0.3, 0.4) is 0 Å². The van der Waals surface area contributed by atoms with Crippen molar-refractivity contribution < 1.29 is 0 Å². The summed E-state index contributed by atoms with van der Waals surface area (Å²) in [5, 5.41) is 0. The van der Waals surface area contributed by atoms with Gasteiger partial charge in [-0.25, -0.2) is 5.43 Å². The smallest absolute Gasteiger partial charge is 0.0710 e. The SMILES string of the molecule is CCc1cccc(C(NN)c2ccc(SC)cc2)c1. The molecule has 1 atom stereocenters. The van der Waals surface area contributed by atoms with Gasteiger partial charge in [0.2, 0.25) is 0 Å². The van der Waals surface area contributed by atoms with Gasteiger partial charge in [-0.1, -0.05) is 43.3 Å². The molecule has 2 aromatic carbocycles. The maximum atomic E-state index is 5.74. The molecule has 1 unspecified atom stereocenters. The van der Waals surface area contributed by atoms with Crippen molar-refractivity contribution in [1.82, 2.24) is 5.43 Å². The van der Waals surface area contributed by atoms with Crippen molar-refractivity contribution in [3.63, 3.8) is 0 Å². The lowest BCUT2D eigenvalue weighted by molar-refractivity contribution is 0.636. The van der Waals surface area contributed by atoms with Gasteiger partial charge in [0.1, 0.15) is 0 Å². The Kier molecular flexibility index (Phi) is 5.02. The summed E-state index contributed by atoms with van der Waals surface area (Å²) in [4.78, 5) is 1.27. The molecule has 0 aliphatic heterocycles. The summed E-state index contributed by atoms with van der Waals surface area (Å²) in [6.07, 6.45) is 3.12. The van der Waals surface area contributed by atoms with Crippen molar-refractivity contribution in [3.05, 3.63) is 65.2 Å². The molecule has 3 heteroatoms. The van der Waals surface area contributed by atoms with Crippen LogP contribution in [0.5, 0.6) is 0 Å². The first-order valence-corrected chi connectivity index (χ1v) is 7.70. The normalized spacial score (nSPS) is 12.4. The zero-order valence-electron chi connectivity index (χ0n) is 11.4. The van der Waals surface area contributed by atoms with Crippen molar-refractivity contribution in [3.8, 4) is 0 Å². The number of benzene rings is 2. The number of hydrogen-bond donors (Lipinski definition) is 2.